The maximum Gasteiger partial charge on any atom is 0.232 e. The first-order chi connectivity index (χ1) is 17.0. The summed E-state index contributed by atoms with van der Waals surface area (Å²) in [6.45, 7) is 12.2. The van der Waals surface area contributed by atoms with Gasteiger partial charge in [0.05, 0.1) is 11.1 Å². The van der Waals surface area contributed by atoms with Gasteiger partial charge in [-0.15, -0.1) is 0 Å². The molecule has 0 N–H and O–H groups in total. The highest BCUT2D eigenvalue weighted by Gasteiger charge is 2.35. The number of carbonyl (C=O) groups is 1. The molecule has 0 aromatic heterocycles. The fourth-order valence-electron chi connectivity index (χ4n) is 4.85. The van der Waals surface area contributed by atoms with Crippen LogP contribution in [0, 0.1) is 13.8 Å². The van der Waals surface area contributed by atoms with Crippen molar-refractivity contribution in [2.75, 3.05) is 24.7 Å². The van der Waals surface area contributed by atoms with Crippen molar-refractivity contribution in [1.82, 2.24) is 4.90 Å². The maximum atomic E-state index is 13.3. The smallest absolute Gasteiger partial charge is 0.232 e. The van der Waals surface area contributed by atoms with E-state index in [9.17, 15) is 4.79 Å². The summed E-state index contributed by atoms with van der Waals surface area (Å²) in [5, 5.41) is 0. The number of fused-ring (bicyclic) bond motifs is 3. The van der Waals surface area contributed by atoms with E-state index in [1.165, 1.54) is 16.8 Å². The van der Waals surface area contributed by atoms with Gasteiger partial charge in [-0.3, -0.25) is 9.69 Å². The number of rotatable bonds is 6. The normalized spacial score (nSPS) is 16.0. The van der Waals surface area contributed by atoms with Gasteiger partial charge in [0.25, 0.3) is 0 Å². The van der Waals surface area contributed by atoms with E-state index in [4.69, 9.17) is 9.47 Å². The Hall–Kier alpha value is -3.57. The number of nitrogens with zero attached hydrogens (tertiary/aromatic N) is 2. The van der Waals surface area contributed by atoms with E-state index in [0.717, 1.165) is 42.1 Å². The molecule has 0 radical (unpaired) electrons. The molecule has 2 heterocycles. The molecule has 2 aliphatic heterocycles. The molecule has 180 valence electrons. The van der Waals surface area contributed by atoms with Gasteiger partial charge in [-0.2, -0.15) is 0 Å². The SMILES string of the molecule is CCN(CC)c1ccc(/C=C2\Oc3c4c(cc(C)c3C2=O)OCN(Cc2ccc(C)cc2)C4)cc1. The Morgan fingerprint density at radius 3 is 2.40 bits per heavy atom. The first-order valence-electron chi connectivity index (χ1n) is 12.3. The highest BCUT2D eigenvalue weighted by molar-refractivity contribution is 6.15. The monoisotopic (exact) mass is 468 g/mol. The number of carbonyl (C=O) groups excluding carboxylic acids is 1. The molecule has 0 bridgehead atoms. The van der Waals surface area contributed by atoms with Crippen LogP contribution in [0.1, 0.15) is 52.0 Å². The Morgan fingerprint density at radius 1 is 1.00 bits per heavy atom. The second-order valence-corrected chi connectivity index (χ2v) is 9.32. The number of hydrogen-bond donors (Lipinski definition) is 0. The van der Waals surface area contributed by atoms with Gasteiger partial charge in [0.2, 0.25) is 5.78 Å². The van der Waals surface area contributed by atoms with Crippen molar-refractivity contribution in [3.63, 3.8) is 0 Å². The Balaban J connectivity index is 1.40. The molecule has 0 amide bonds. The van der Waals surface area contributed by atoms with Gasteiger partial charge < -0.3 is 14.4 Å². The van der Waals surface area contributed by atoms with Crippen molar-refractivity contribution in [2.45, 2.75) is 40.8 Å². The summed E-state index contributed by atoms with van der Waals surface area (Å²) in [4.78, 5) is 17.8. The standard InChI is InChI=1S/C30H32N2O3/c1-5-32(6-2)24-13-11-22(12-14-24)16-27-29(33)28-21(4)15-26-25(30(28)35-27)18-31(19-34-26)17-23-9-7-20(3)8-10-23/h7-16H,5-6,17-19H2,1-4H3/b27-16-. The molecule has 3 aromatic carbocycles. The molecule has 5 nitrogen and oxygen atoms in total. The molecule has 0 fully saturated rings. The molecule has 0 saturated heterocycles. The van der Waals surface area contributed by atoms with Crippen LogP contribution in [0.3, 0.4) is 0 Å². The van der Waals surface area contributed by atoms with Gasteiger partial charge in [0.15, 0.2) is 5.76 Å². The summed E-state index contributed by atoms with van der Waals surface area (Å²) < 4.78 is 12.3. The predicted octanol–water partition coefficient (Wildman–Crippen LogP) is 6.12. The van der Waals surface area contributed by atoms with Crippen LogP contribution in [0.15, 0.2) is 60.4 Å². The van der Waals surface area contributed by atoms with E-state index >= 15 is 0 Å². The van der Waals surface area contributed by atoms with Gasteiger partial charge in [-0.1, -0.05) is 42.0 Å². The second-order valence-electron chi connectivity index (χ2n) is 9.32. The Kier molecular flexibility index (Phi) is 6.35. The fourth-order valence-corrected chi connectivity index (χ4v) is 4.85. The Morgan fingerprint density at radius 2 is 1.71 bits per heavy atom. The number of ketones is 1. The molecule has 3 aromatic rings. The maximum absolute atomic E-state index is 13.3. The van der Waals surface area contributed by atoms with Crippen LogP contribution in [-0.4, -0.2) is 30.5 Å². The van der Waals surface area contributed by atoms with Crippen molar-refractivity contribution < 1.29 is 14.3 Å². The predicted molar refractivity (Wildman–Crippen MR) is 140 cm³/mol. The topological polar surface area (TPSA) is 42.0 Å². The minimum atomic E-state index is -0.0659. The van der Waals surface area contributed by atoms with E-state index < -0.39 is 0 Å². The van der Waals surface area contributed by atoms with Crippen LogP contribution in [0.4, 0.5) is 5.69 Å². The van der Waals surface area contributed by atoms with E-state index in [0.29, 0.717) is 30.3 Å². The summed E-state index contributed by atoms with van der Waals surface area (Å²) in [5.74, 6) is 1.75. The minimum absolute atomic E-state index is 0.0659. The molecule has 0 unspecified atom stereocenters. The summed E-state index contributed by atoms with van der Waals surface area (Å²) in [7, 11) is 0. The molecule has 0 atom stereocenters. The molecule has 0 spiro atoms. The number of anilines is 1. The van der Waals surface area contributed by atoms with Crippen LogP contribution >= 0.6 is 0 Å². The fraction of sp³-hybridized carbons (Fsp3) is 0.300. The van der Waals surface area contributed by atoms with Crippen LogP contribution in [0.5, 0.6) is 11.5 Å². The molecule has 2 aliphatic rings. The van der Waals surface area contributed by atoms with Crippen molar-refractivity contribution in [1.29, 1.82) is 0 Å². The van der Waals surface area contributed by atoms with Crippen LogP contribution in [-0.2, 0) is 13.1 Å². The van der Waals surface area contributed by atoms with Gasteiger partial charge in [0, 0.05) is 31.9 Å². The zero-order chi connectivity index (χ0) is 24.5. The van der Waals surface area contributed by atoms with E-state index in [2.05, 4.69) is 67.0 Å². The second kappa shape index (κ2) is 9.59. The molecular formula is C30H32N2O3. The highest BCUT2D eigenvalue weighted by Crippen LogP contribution is 2.44. The summed E-state index contributed by atoms with van der Waals surface area (Å²) in [5.41, 5.74) is 7.08. The van der Waals surface area contributed by atoms with Gasteiger partial charge >= 0.3 is 0 Å². The summed E-state index contributed by atoms with van der Waals surface area (Å²) >= 11 is 0. The zero-order valence-electron chi connectivity index (χ0n) is 20.9. The number of Topliss-reactive ketones (excluding diaryl/α,β-unsaturated/α-hetero) is 1. The van der Waals surface area contributed by atoms with Crippen molar-refractivity contribution >= 4 is 17.5 Å². The number of benzene rings is 3. The van der Waals surface area contributed by atoms with Crippen molar-refractivity contribution in [2.24, 2.45) is 0 Å². The largest absolute Gasteiger partial charge is 0.478 e. The van der Waals surface area contributed by atoms with Crippen molar-refractivity contribution in [3.05, 3.63) is 93.7 Å². The molecule has 5 heteroatoms. The average molecular weight is 469 g/mol. The van der Waals surface area contributed by atoms with Gasteiger partial charge in [-0.05, 0) is 68.7 Å². The highest BCUT2D eigenvalue weighted by atomic mass is 16.5. The lowest BCUT2D eigenvalue weighted by atomic mass is 9.98. The minimum Gasteiger partial charge on any atom is -0.478 e. The molecule has 35 heavy (non-hydrogen) atoms. The molecule has 5 rings (SSSR count). The Labute approximate surface area is 207 Å². The first kappa shape index (κ1) is 23.2. The lowest BCUT2D eigenvalue weighted by Crippen LogP contribution is -2.31. The summed E-state index contributed by atoms with van der Waals surface area (Å²) in [6, 6.07) is 18.8. The van der Waals surface area contributed by atoms with Crippen LogP contribution < -0.4 is 14.4 Å². The van der Waals surface area contributed by atoms with Gasteiger partial charge in [-0.25, -0.2) is 0 Å². The third kappa shape index (κ3) is 4.56. The number of hydrogen-bond acceptors (Lipinski definition) is 5. The first-order valence-corrected chi connectivity index (χ1v) is 12.3. The van der Waals surface area contributed by atoms with Crippen LogP contribution in [0.25, 0.3) is 6.08 Å². The van der Waals surface area contributed by atoms with E-state index in [1.54, 1.807) is 0 Å². The number of aryl methyl sites for hydroxylation is 2. The number of ether oxygens (including phenoxy) is 2. The third-order valence-electron chi connectivity index (χ3n) is 6.83. The number of allylic oxidation sites excluding steroid dienone is 1. The van der Waals surface area contributed by atoms with E-state index in [1.807, 2.05) is 31.2 Å². The molecular weight excluding hydrogens is 436 g/mol. The van der Waals surface area contributed by atoms with Crippen LogP contribution in [0.2, 0.25) is 0 Å². The zero-order valence-corrected chi connectivity index (χ0v) is 20.9. The average Bonchev–Trinajstić information content (AvgIpc) is 3.19. The third-order valence-corrected chi connectivity index (χ3v) is 6.83. The van der Waals surface area contributed by atoms with Gasteiger partial charge in [0.1, 0.15) is 18.2 Å². The summed E-state index contributed by atoms with van der Waals surface area (Å²) in [6.07, 6.45) is 1.84. The Bertz CT molecular complexity index is 1270. The lowest BCUT2D eigenvalue weighted by molar-refractivity contribution is 0.0872. The van der Waals surface area contributed by atoms with Crippen molar-refractivity contribution in [3.8, 4) is 11.5 Å². The molecule has 0 saturated carbocycles. The lowest BCUT2D eigenvalue weighted by Gasteiger charge is -2.30. The quantitative estimate of drug-likeness (QED) is 0.408. The van der Waals surface area contributed by atoms with E-state index in [-0.39, 0.29) is 5.78 Å². The molecule has 0 aliphatic carbocycles.